The van der Waals surface area contributed by atoms with Crippen LogP contribution in [-0.2, 0) is 28.6 Å². The highest BCUT2D eigenvalue weighted by Gasteiger charge is 2.19. The minimum absolute atomic E-state index is 0.0713. The van der Waals surface area contributed by atoms with Crippen molar-refractivity contribution < 1.29 is 28.6 Å². The van der Waals surface area contributed by atoms with E-state index >= 15 is 0 Å². The summed E-state index contributed by atoms with van der Waals surface area (Å²) >= 11 is 0. The van der Waals surface area contributed by atoms with Gasteiger partial charge in [0, 0.05) is 19.3 Å². The molecule has 0 fully saturated rings. The molecule has 1 atom stereocenters. The van der Waals surface area contributed by atoms with E-state index in [1.807, 2.05) is 0 Å². The lowest BCUT2D eigenvalue weighted by molar-refractivity contribution is -0.167. The molecule has 0 spiro atoms. The molecule has 6 nitrogen and oxygen atoms in total. The topological polar surface area (TPSA) is 78.9 Å². The molecule has 0 aromatic rings. The Bertz CT molecular complexity index is 1080. The van der Waals surface area contributed by atoms with Gasteiger partial charge in [-0.15, -0.1) is 0 Å². The Morgan fingerprint density at radius 2 is 0.537 bits per heavy atom. The Balaban J connectivity index is 4.34. The van der Waals surface area contributed by atoms with Gasteiger partial charge in [-0.3, -0.25) is 14.4 Å². The molecule has 0 saturated carbocycles. The number of carbonyl (C=O) groups is 3. The van der Waals surface area contributed by atoms with Gasteiger partial charge in [0.2, 0.25) is 0 Å². The zero-order chi connectivity index (χ0) is 48.6. The molecule has 0 aromatic heterocycles. The molecule has 0 aliphatic rings. The molecule has 0 aliphatic carbocycles. The third-order valence-electron chi connectivity index (χ3n) is 13.5. The second-order valence-electron chi connectivity index (χ2n) is 20.3. The van der Waals surface area contributed by atoms with Crippen LogP contribution in [0.4, 0.5) is 0 Å². The van der Waals surface area contributed by atoms with Crippen LogP contribution in [0.3, 0.4) is 0 Å². The average Bonchev–Trinajstić information content (AvgIpc) is 3.33. The monoisotopic (exact) mass is 943 g/mol. The fraction of sp³-hybridized carbons (Fsp3) is 0.885. The molecular weight excluding hydrogens is 829 g/mol. The molecule has 0 radical (unpaired) electrons. The van der Waals surface area contributed by atoms with Gasteiger partial charge in [0.05, 0.1) is 0 Å². The molecule has 0 amide bonds. The molecule has 394 valence electrons. The van der Waals surface area contributed by atoms with Crippen molar-refractivity contribution in [3.8, 4) is 0 Å². The number of esters is 3. The van der Waals surface area contributed by atoms with Crippen LogP contribution in [-0.4, -0.2) is 37.2 Å². The van der Waals surface area contributed by atoms with Gasteiger partial charge >= 0.3 is 17.9 Å². The van der Waals surface area contributed by atoms with Crippen molar-refractivity contribution in [3.05, 3.63) is 24.3 Å². The average molecular weight is 944 g/mol. The summed E-state index contributed by atoms with van der Waals surface area (Å²) in [5.41, 5.74) is 0. The molecule has 0 aliphatic heterocycles. The molecular formula is C61H114O6. The van der Waals surface area contributed by atoms with Crippen LogP contribution < -0.4 is 0 Å². The van der Waals surface area contributed by atoms with Gasteiger partial charge in [0.25, 0.3) is 0 Å². The Hall–Kier alpha value is -2.11. The maximum Gasteiger partial charge on any atom is 0.306 e. The Kier molecular flexibility index (Phi) is 54.7. The highest BCUT2D eigenvalue weighted by Crippen LogP contribution is 2.17. The number of carbonyl (C=O) groups excluding carboxylic acids is 3. The number of ether oxygens (including phenoxy) is 3. The second kappa shape index (κ2) is 56.5. The van der Waals surface area contributed by atoms with Crippen molar-refractivity contribution in [3.63, 3.8) is 0 Å². The standard InChI is InChI=1S/C61H114O6/c1-4-7-10-13-16-19-22-25-28-31-34-36-39-42-45-48-51-54-60(63)66-57-58(67-61(64)55-52-49-46-43-40-37-33-30-27-24-21-18-15-12-9-6-3)56-65-59(62)53-50-47-44-41-38-35-32-29-26-23-20-17-14-11-8-5-2/h21,24,30,33,58H,4-20,22-23,25-29,31-32,34-57H2,1-3H3/b24-21-,33-30-. The first-order valence-corrected chi connectivity index (χ1v) is 29.8. The van der Waals surface area contributed by atoms with Gasteiger partial charge in [0.15, 0.2) is 6.10 Å². The zero-order valence-corrected chi connectivity index (χ0v) is 45.2. The first-order valence-electron chi connectivity index (χ1n) is 29.8. The van der Waals surface area contributed by atoms with E-state index < -0.39 is 6.10 Å². The van der Waals surface area contributed by atoms with Gasteiger partial charge in [-0.25, -0.2) is 0 Å². The predicted molar refractivity (Wildman–Crippen MR) is 289 cm³/mol. The Morgan fingerprint density at radius 1 is 0.299 bits per heavy atom. The number of hydrogen-bond acceptors (Lipinski definition) is 6. The first kappa shape index (κ1) is 64.9. The number of hydrogen-bond donors (Lipinski definition) is 0. The fourth-order valence-corrected chi connectivity index (χ4v) is 8.95. The molecule has 0 aromatic carbocycles. The van der Waals surface area contributed by atoms with E-state index in [0.29, 0.717) is 19.3 Å². The van der Waals surface area contributed by atoms with Crippen LogP contribution in [0, 0.1) is 0 Å². The lowest BCUT2D eigenvalue weighted by Gasteiger charge is -2.18. The summed E-state index contributed by atoms with van der Waals surface area (Å²) in [4.78, 5) is 38.2. The summed E-state index contributed by atoms with van der Waals surface area (Å²) in [6.45, 7) is 6.67. The van der Waals surface area contributed by atoms with Crippen LogP contribution in [0.5, 0.6) is 0 Å². The van der Waals surface area contributed by atoms with E-state index in [4.69, 9.17) is 14.2 Å². The van der Waals surface area contributed by atoms with Crippen molar-refractivity contribution >= 4 is 17.9 Å². The summed E-state index contributed by atoms with van der Waals surface area (Å²) < 4.78 is 16.9. The second-order valence-corrected chi connectivity index (χ2v) is 20.3. The molecule has 0 heterocycles. The smallest absolute Gasteiger partial charge is 0.306 e. The normalized spacial score (nSPS) is 12.1. The van der Waals surface area contributed by atoms with Crippen molar-refractivity contribution in [2.75, 3.05) is 13.2 Å². The molecule has 1 unspecified atom stereocenters. The van der Waals surface area contributed by atoms with E-state index in [1.165, 1.54) is 212 Å². The van der Waals surface area contributed by atoms with E-state index in [-0.39, 0.29) is 31.1 Å². The lowest BCUT2D eigenvalue weighted by atomic mass is 10.0. The quantitative estimate of drug-likeness (QED) is 0.0262. The third kappa shape index (κ3) is 54.7. The molecule has 0 rings (SSSR count). The molecule has 67 heavy (non-hydrogen) atoms. The van der Waals surface area contributed by atoms with Gasteiger partial charge in [0.1, 0.15) is 13.2 Å². The summed E-state index contributed by atoms with van der Waals surface area (Å²) in [5.74, 6) is -0.861. The van der Waals surface area contributed by atoms with E-state index in [2.05, 4.69) is 45.1 Å². The van der Waals surface area contributed by atoms with Crippen molar-refractivity contribution in [1.29, 1.82) is 0 Å². The summed E-state index contributed by atoms with van der Waals surface area (Å²) in [5, 5.41) is 0. The number of rotatable bonds is 55. The van der Waals surface area contributed by atoms with Crippen LogP contribution in [0.2, 0.25) is 0 Å². The summed E-state index contributed by atoms with van der Waals surface area (Å²) in [7, 11) is 0. The van der Waals surface area contributed by atoms with Crippen molar-refractivity contribution in [2.45, 2.75) is 335 Å². The number of unbranched alkanes of at least 4 members (excludes halogenated alkanes) is 40. The zero-order valence-electron chi connectivity index (χ0n) is 45.2. The minimum atomic E-state index is -0.774. The van der Waals surface area contributed by atoms with Gasteiger partial charge in [-0.05, 0) is 51.4 Å². The Labute approximate surface area is 417 Å². The maximum absolute atomic E-state index is 12.9. The minimum Gasteiger partial charge on any atom is -0.462 e. The van der Waals surface area contributed by atoms with Crippen LogP contribution in [0.25, 0.3) is 0 Å². The fourth-order valence-electron chi connectivity index (χ4n) is 8.95. The molecule has 0 bridgehead atoms. The maximum atomic E-state index is 12.9. The predicted octanol–water partition coefficient (Wildman–Crippen LogP) is 19.9. The highest BCUT2D eigenvalue weighted by atomic mass is 16.6. The summed E-state index contributed by atoms with van der Waals surface area (Å²) in [6.07, 6.45) is 65.9. The van der Waals surface area contributed by atoms with E-state index in [9.17, 15) is 14.4 Å². The highest BCUT2D eigenvalue weighted by molar-refractivity contribution is 5.71. The van der Waals surface area contributed by atoms with Crippen LogP contribution >= 0.6 is 0 Å². The van der Waals surface area contributed by atoms with Gasteiger partial charge < -0.3 is 14.2 Å². The van der Waals surface area contributed by atoms with Crippen LogP contribution in [0.15, 0.2) is 24.3 Å². The molecule has 0 N–H and O–H groups in total. The summed E-state index contributed by atoms with van der Waals surface area (Å²) in [6, 6.07) is 0. The van der Waals surface area contributed by atoms with Crippen molar-refractivity contribution in [2.24, 2.45) is 0 Å². The van der Waals surface area contributed by atoms with Gasteiger partial charge in [-0.1, -0.05) is 283 Å². The van der Waals surface area contributed by atoms with Crippen molar-refractivity contribution in [1.82, 2.24) is 0 Å². The van der Waals surface area contributed by atoms with Gasteiger partial charge in [-0.2, -0.15) is 0 Å². The van der Waals surface area contributed by atoms with E-state index in [0.717, 1.165) is 77.0 Å². The third-order valence-corrected chi connectivity index (χ3v) is 13.5. The number of allylic oxidation sites excluding steroid dienone is 4. The molecule has 0 saturated heterocycles. The molecule has 6 heteroatoms. The SMILES string of the molecule is CCCCCC/C=C\C/C=C\CCCCCCCC(=O)OC(COC(=O)CCCCCCCCCCCCCCCCCC)COC(=O)CCCCCCCCCCCCCCCCCCC. The first-order chi connectivity index (χ1) is 33.0. The lowest BCUT2D eigenvalue weighted by Crippen LogP contribution is -2.30. The van der Waals surface area contributed by atoms with Crippen LogP contribution in [0.1, 0.15) is 329 Å². The van der Waals surface area contributed by atoms with E-state index in [1.54, 1.807) is 0 Å². The Morgan fingerprint density at radius 3 is 0.836 bits per heavy atom. The largest absolute Gasteiger partial charge is 0.462 e.